The van der Waals surface area contributed by atoms with Crippen LogP contribution in [0.15, 0.2) is 12.1 Å². The molecule has 3 aliphatic carbocycles. The first-order valence-electron chi connectivity index (χ1n) is 13.6. The normalized spacial score (nSPS) is 33.7. The first-order chi connectivity index (χ1) is 19.3. The van der Waals surface area contributed by atoms with Crippen molar-refractivity contribution in [2.75, 3.05) is 45.7 Å². The molecule has 0 radical (unpaired) electrons. The van der Waals surface area contributed by atoms with Gasteiger partial charge in [-0.3, -0.25) is 38.6 Å². The lowest BCUT2D eigenvalue weighted by Crippen LogP contribution is -2.74. The highest BCUT2D eigenvalue weighted by atomic mass is 16.5. The fourth-order valence-electron chi connectivity index (χ4n) is 7.05. The molecule has 3 fully saturated rings. The number of primary amides is 1. The number of likely N-dealkylation sites (N-methyl/N-ethyl adjacent to an activating group) is 1. The maximum absolute atomic E-state index is 13.9. The molecule has 1 saturated heterocycles. The second-order valence-electron chi connectivity index (χ2n) is 11.7. The molecular formula is C28H34N4O9. The van der Waals surface area contributed by atoms with Crippen molar-refractivity contribution in [3.63, 3.8) is 0 Å². The van der Waals surface area contributed by atoms with Gasteiger partial charge in [-0.1, -0.05) is 6.07 Å². The van der Waals surface area contributed by atoms with E-state index in [4.69, 9.17) is 10.5 Å². The van der Waals surface area contributed by atoms with E-state index in [0.29, 0.717) is 25.3 Å². The number of hydrogen-bond acceptors (Lipinski definition) is 11. The summed E-state index contributed by atoms with van der Waals surface area (Å²) < 4.78 is 5.38. The average molecular weight is 571 g/mol. The first kappa shape index (κ1) is 29.0. The van der Waals surface area contributed by atoms with E-state index in [2.05, 4.69) is 5.32 Å². The third-order valence-electron chi connectivity index (χ3n) is 9.06. The molecule has 13 nitrogen and oxygen atoms in total. The van der Waals surface area contributed by atoms with E-state index in [1.165, 1.54) is 25.1 Å². The van der Waals surface area contributed by atoms with Crippen LogP contribution in [0.25, 0.3) is 0 Å². The van der Waals surface area contributed by atoms with E-state index in [1.54, 1.807) is 6.07 Å². The number of carbonyl (C=O) groups excluding carboxylic acids is 6. The van der Waals surface area contributed by atoms with Crippen molar-refractivity contribution in [3.05, 3.63) is 23.3 Å². The van der Waals surface area contributed by atoms with Crippen molar-refractivity contribution >= 4 is 40.6 Å². The topological polar surface area (TPSA) is 197 Å². The van der Waals surface area contributed by atoms with Gasteiger partial charge in [-0.05, 0) is 51.4 Å². The number of ether oxygens (including phenoxy) is 1. The number of fused-ring (bicyclic) bond motifs is 3. The molecule has 1 aromatic carbocycles. The zero-order chi connectivity index (χ0) is 30.0. The Bertz CT molecular complexity index is 1360. The Morgan fingerprint density at radius 2 is 1.90 bits per heavy atom. The fourth-order valence-corrected chi connectivity index (χ4v) is 7.05. The number of Topliss-reactive ketones (excluding diaryl/α,β-unsaturated/α-hetero) is 4. The van der Waals surface area contributed by atoms with Gasteiger partial charge in [0.05, 0.1) is 43.0 Å². The Labute approximate surface area is 236 Å². The molecule has 5 N–H and O–H groups in total. The molecule has 0 spiro atoms. The highest BCUT2D eigenvalue weighted by molar-refractivity contribution is 6.32. The molecule has 0 bridgehead atoms. The number of morpholine rings is 1. The number of aromatic hydroxyl groups is 1. The summed E-state index contributed by atoms with van der Waals surface area (Å²) in [5.74, 6) is -11.6. The summed E-state index contributed by atoms with van der Waals surface area (Å²) in [5.41, 5.74) is 2.81. The molecular weight excluding hydrogens is 536 g/mol. The number of nitrogens with two attached hydrogens (primary N) is 1. The molecule has 7 atom stereocenters. The Kier molecular flexibility index (Phi) is 7.35. The number of nitrogens with one attached hydrogen (secondary N) is 1. The molecule has 220 valence electrons. The Morgan fingerprint density at radius 3 is 2.54 bits per heavy atom. The van der Waals surface area contributed by atoms with Crippen LogP contribution in [0.1, 0.15) is 29.3 Å². The summed E-state index contributed by atoms with van der Waals surface area (Å²) in [6, 6.07) is 1.94. The number of rotatable bonds is 5. The minimum Gasteiger partial charge on any atom is -0.505 e. The average Bonchev–Trinajstić information content (AvgIpc) is 2.89. The highest BCUT2D eigenvalue weighted by Crippen LogP contribution is 2.51. The number of phenolic OH excluding ortho intramolecular Hbond substituents is 1. The van der Waals surface area contributed by atoms with Crippen LogP contribution in [0, 0.1) is 23.7 Å². The maximum Gasteiger partial charge on any atom is 0.238 e. The number of nitrogens with zero attached hydrogens (tertiary/aromatic N) is 2. The standard InChI is InChI=1S/C28H34N4O9/c1-12-11-41-7-6-32(12)10-17(33)30-16-5-4-13-8-14-9-15-21(31(2)3)24(36)20(27(29)39)26(38)28(15,40)25(37)19(14)23(35)18(13)22(16)34/h4-5,12,14-15,19-21,34,40H,6-11H2,1-3H3,(H2,29,39)(H,30,33)/t12?,14?,15?,19?,20?,21-,28-/m0/s1. The quantitative estimate of drug-likeness (QED) is 0.238. The number of hydrogen-bond donors (Lipinski definition) is 4. The van der Waals surface area contributed by atoms with Crippen molar-refractivity contribution in [3.8, 4) is 5.75 Å². The van der Waals surface area contributed by atoms with Crippen LogP contribution in [0.3, 0.4) is 0 Å². The van der Waals surface area contributed by atoms with Crippen molar-refractivity contribution < 1.29 is 43.7 Å². The molecule has 4 aliphatic rings. The van der Waals surface area contributed by atoms with E-state index in [1.807, 2.05) is 11.8 Å². The number of amides is 2. The number of anilines is 1. The molecule has 13 heteroatoms. The third-order valence-corrected chi connectivity index (χ3v) is 9.06. The largest absolute Gasteiger partial charge is 0.505 e. The van der Waals surface area contributed by atoms with Gasteiger partial charge < -0.3 is 26.0 Å². The van der Waals surface area contributed by atoms with Crippen LogP contribution in [0.2, 0.25) is 0 Å². The molecule has 5 unspecified atom stereocenters. The predicted octanol–water partition coefficient (Wildman–Crippen LogP) is -1.47. The molecule has 5 rings (SSSR count). The van der Waals surface area contributed by atoms with E-state index >= 15 is 0 Å². The van der Waals surface area contributed by atoms with Gasteiger partial charge in [-0.25, -0.2) is 0 Å². The van der Waals surface area contributed by atoms with Crippen LogP contribution < -0.4 is 11.1 Å². The van der Waals surface area contributed by atoms with Crippen molar-refractivity contribution in [2.24, 2.45) is 29.4 Å². The zero-order valence-electron chi connectivity index (χ0n) is 23.1. The van der Waals surface area contributed by atoms with Gasteiger partial charge >= 0.3 is 0 Å². The second kappa shape index (κ2) is 10.4. The van der Waals surface area contributed by atoms with Gasteiger partial charge in [0, 0.05) is 18.5 Å². The van der Waals surface area contributed by atoms with Crippen molar-refractivity contribution in [1.82, 2.24) is 9.80 Å². The third kappa shape index (κ3) is 4.47. The van der Waals surface area contributed by atoms with Gasteiger partial charge in [0.25, 0.3) is 0 Å². The van der Waals surface area contributed by atoms with E-state index in [-0.39, 0.29) is 36.7 Å². The van der Waals surface area contributed by atoms with Crippen LogP contribution in [-0.2, 0) is 35.1 Å². The fraction of sp³-hybridized carbons (Fsp3) is 0.571. The van der Waals surface area contributed by atoms with Gasteiger partial charge in [0.1, 0.15) is 5.75 Å². The number of benzene rings is 1. The minimum absolute atomic E-state index is 0.0119. The van der Waals surface area contributed by atoms with Crippen molar-refractivity contribution in [1.29, 1.82) is 0 Å². The van der Waals surface area contributed by atoms with E-state index < -0.39 is 76.0 Å². The first-order valence-corrected chi connectivity index (χ1v) is 13.6. The summed E-state index contributed by atoms with van der Waals surface area (Å²) in [6.45, 7) is 3.51. The number of ketones is 4. The second-order valence-corrected chi connectivity index (χ2v) is 11.7. The zero-order valence-corrected chi connectivity index (χ0v) is 23.1. The van der Waals surface area contributed by atoms with Crippen LogP contribution in [0.5, 0.6) is 5.75 Å². The van der Waals surface area contributed by atoms with Crippen LogP contribution >= 0.6 is 0 Å². The Balaban J connectivity index is 1.46. The number of phenols is 1. The molecule has 1 aromatic rings. The molecule has 2 amide bonds. The molecule has 2 saturated carbocycles. The summed E-state index contributed by atoms with van der Waals surface area (Å²) in [6.07, 6.45) is 0.125. The van der Waals surface area contributed by atoms with Crippen molar-refractivity contribution in [2.45, 2.75) is 37.5 Å². The van der Waals surface area contributed by atoms with Gasteiger partial charge in [0.2, 0.25) is 11.8 Å². The minimum atomic E-state index is -2.78. The lowest BCUT2D eigenvalue weighted by molar-refractivity contribution is -0.181. The summed E-state index contributed by atoms with van der Waals surface area (Å²) in [5, 5.41) is 25.3. The van der Waals surface area contributed by atoms with Crippen LogP contribution in [-0.4, -0.2) is 113 Å². The van der Waals surface area contributed by atoms with E-state index in [9.17, 15) is 39.0 Å². The lowest BCUT2D eigenvalue weighted by Gasteiger charge is -2.52. The Morgan fingerprint density at radius 1 is 1.20 bits per heavy atom. The van der Waals surface area contributed by atoms with Crippen LogP contribution in [0.4, 0.5) is 5.69 Å². The van der Waals surface area contributed by atoms with Gasteiger partial charge in [-0.15, -0.1) is 0 Å². The smallest absolute Gasteiger partial charge is 0.238 e. The molecule has 1 aliphatic heterocycles. The Hall–Kier alpha value is -3.52. The molecule has 41 heavy (non-hydrogen) atoms. The number of aliphatic hydroxyl groups is 1. The SMILES string of the molecule is CC1COCCN1CC(=O)Nc1ccc2c(c1O)C(=O)C1C(=O)[C@]3(O)C(=O)C(C(N)=O)C(=O)[C@@H](N(C)C)C3CC1C2. The number of carbonyl (C=O) groups is 6. The predicted molar refractivity (Wildman–Crippen MR) is 142 cm³/mol. The lowest BCUT2D eigenvalue weighted by atomic mass is 9.52. The molecule has 0 aromatic heterocycles. The monoisotopic (exact) mass is 570 g/mol. The summed E-state index contributed by atoms with van der Waals surface area (Å²) >= 11 is 0. The van der Waals surface area contributed by atoms with Gasteiger partial charge in [-0.2, -0.15) is 0 Å². The van der Waals surface area contributed by atoms with E-state index in [0.717, 1.165) is 0 Å². The maximum atomic E-state index is 13.9. The highest BCUT2D eigenvalue weighted by Gasteiger charge is 2.69. The summed E-state index contributed by atoms with van der Waals surface area (Å²) in [7, 11) is 3.06. The summed E-state index contributed by atoms with van der Waals surface area (Å²) in [4.78, 5) is 82.3. The van der Waals surface area contributed by atoms with Gasteiger partial charge in [0.15, 0.2) is 34.7 Å². The molecule has 1 heterocycles.